The summed E-state index contributed by atoms with van der Waals surface area (Å²) in [6.45, 7) is 2.09. The summed E-state index contributed by atoms with van der Waals surface area (Å²) in [4.78, 5) is 17.6. The van der Waals surface area contributed by atoms with Crippen LogP contribution in [0.2, 0.25) is 10.0 Å². The van der Waals surface area contributed by atoms with Crippen molar-refractivity contribution < 1.29 is 0 Å². The van der Waals surface area contributed by atoms with Gasteiger partial charge in [-0.25, -0.2) is 4.98 Å². The number of thioether (sulfide) groups is 1. The van der Waals surface area contributed by atoms with Crippen molar-refractivity contribution in [3.05, 3.63) is 62.9 Å². The van der Waals surface area contributed by atoms with E-state index in [-0.39, 0.29) is 5.56 Å². The zero-order valence-corrected chi connectivity index (χ0v) is 14.8. The molecule has 0 aliphatic heterocycles. The summed E-state index contributed by atoms with van der Waals surface area (Å²) in [6.07, 6.45) is 0.995. The third kappa shape index (κ3) is 3.39. The molecule has 0 atom stereocenters. The molecule has 0 saturated heterocycles. The van der Waals surface area contributed by atoms with Crippen LogP contribution in [0.1, 0.15) is 13.3 Å². The Morgan fingerprint density at radius 2 is 1.78 bits per heavy atom. The van der Waals surface area contributed by atoms with Crippen LogP contribution in [-0.2, 0) is 0 Å². The molecule has 0 amide bonds. The van der Waals surface area contributed by atoms with Gasteiger partial charge < -0.3 is 0 Å². The first-order chi connectivity index (χ1) is 11.1. The lowest BCUT2D eigenvalue weighted by atomic mass is 10.2. The van der Waals surface area contributed by atoms with Crippen molar-refractivity contribution in [1.29, 1.82) is 0 Å². The second kappa shape index (κ2) is 6.95. The molecule has 0 saturated carbocycles. The van der Waals surface area contributed by atoms with Crippen molar-refractivity contribution in [2.45, 2.75) is 18.5 Å². The standard InChI is InChI=1S/C17H14Cl2N2OS/c1-2-9-23-17-20-15-10-12(19)5-8-14(15)16(22)21(17)13-6-3-11(18)4-7-13/h3-8,10H,2,9H2,1H3. The van der Waals surface area contributed by atoms with Gasteiger partial charge in [0.15, 0.2) is 5.16 Å². The normalized spacial score (nSPS) is 11.1. The van der Waals surface area contributed by atoms with Crippen LogP contribution in [0.4, 0.5) is 0 Å². The summed E-state index contributed by atoms with van der Waals surface area (Å²) in [5, 5.41) is 2.41. The molecule has 0 unspecified atom stereocenters. The Labute approximate surface area is 148 Å². The average Bonchev–Trinajstić information content (AvgIpc) is 2.54. The van der Waals surface area contributed by atoms with Crippen LogP contribution in [0.15, 0.2) is 52.4 Å². The molecule has 0 N–H and O–H groups in total. The third-order valence-corrected chi connectivity index (χ3v) is 4.95. The fourth-order valence-corrected chi connectivity index (χ4v) is 3.41. The molecule has 118 valence electrons. The van der Waals surface area contributed by atoms with Gasteiger partial charge in [-0.2, -0.15) is 0 Å². The van der Waals surface area contributed by atoms with Gasteiger partial charge in [-0.3, -0.25) is 9.36 Å². The van der Waals surface area contributed by atoms with Crippen LogP contribution >= 0.6 is 35.0 Å². The van der Waals surface area contributed by atoms with Crippen LogP contribution in [0, 0.1) is 0 Å². The fraction of sp³-hybridized carbons (Fsp3) is 0.176. The Morgan fingerprint density at radius 1 is 1.09 bits per heavy atom. The number of fused-ring (bicyclic) bond motifs is 1. The molecule has 3 rings (SSSR count). The lowest BCUT2D eigenvalue weighted by molar-refractivity contribution is 0.819. The van der Waals surface area contributed by atoms with Gasteiger partial charge in [0.25, 0.3) is 5.56 Å². The summed E-state index contributed by atoms with van der Waals surface area (Å²) < 4.78 is 1.63. The van der Waals surface area contributed by atoms with E-state index in [0.717, 1.165) is 17.9 Å². The number of hydrogen-bond donors (Lipinski definition) is 0. The highest BCUT2D eigenvalue weighted by Crippen LogP contribution is 2.24. The van der Waals surface area contributed by atoms with Crippen molar-refractivity contribution in [2.75, 3.05) is 5.75 Å². The number of hydrogen-bond acceptors (Lipinski definition) is 3. The maximum atomic E-state index is 12.9. The largest absolute Gasteiger partial charge is 0.268 e. The van der Waals surface area contributed by atoms with E-state index in [9.17, 15) is 4.79 Å². The summed E-state index contributed by atoms with van der Waals surface area (Å²) in [5.41, 5.74) is 1.27. The summed E-state index contributed by atoms with van der Waals surface area (Å²) >= 11 is 13.5. The first kappa shape index (κ1) is 16.4. The Hall–Kier alpha value is -1.49. The SMILES string of the molecule is CCCSc1nc2cc(Cl)ccc2c(=O)n1-c1ccc(Cl)cc1. The van der Waals surface area contributed by atoms with Crippen molar-refractivity contribution in [1.82, 2.24) is 9.55 Å². The molecule has 23 heavy (non-hydrogen) atoms. The molecule has 3 nitrogen and oxygen atoms in total. The topological polar surface area (TPSA) is 34.9 Å². The van der Waals surface area contributed by atoms with Gasteiger partial charge in [-0.1, -0.05) is 41.9 Å². The van der Waals surface area contributed by atoms with Gasteiger partial charge in [0.05, 0.1) is 16.6 Å². The number of rotatable bonds is 4. The molecule has 0 bridgehead atoms. The molecule has 1 heterocycles. The van der Waals surface area contributed by atoms with Gasteiger partial charge in [0.2, 0.25) is 0 Å². The van der Waals surface area contributed by atoms with E-state index >= 15 is 0 Å². The molecule has 0 spiro atoms. The third-order valence-electron chi connectivity index (χ3n) is 3.32. The number of benzene rings is 2. The van der Waals surface area contributed by atoms with Gasteiger partial charge in [0.1, 0.15) is 0 Å². The molecular formula is C17H14Cl2N2OS. The van der Waals surface area contributed by atoms with E-state index in [1.807, 2.05) is 12.1 Å². The fourth-order valence-electron chi connectivity index (χ4n) is 2.25. The smallest absolute Gasteiger partial charge is 0.266 e. The monoisotopic (exact) mass is 364 g/mol. The molecule has 0 aliphatic rings. The zero-order chi connectivity index (χ0) is 16.4. The first-order valence-electron chi connectivity index (χ1n) is 7.21. The van der Waals surface area contributed by atoms with E-state index in [1.165, 1.54) is 0 Å². The Morgan fingerprint density at radius 3 is 2.48 bits per heavy atom. The molecule has 1 aromatic heterocycles. The summed E-state index contributed by atoms with van der Waals surface area (Å²) in [7, 11) is 0. The predicted molar refractivity (Wildman–Crippen MR) is 98.4 cm³/mol. The minimum absolute atomic E-state index is 0.104. The number of nitrogens with zero attached hydrogens (tertiary/aromatic N) is 2. The quantitative estimate of drug-likeness (QED) is 0.471. The zero-order valence-electron chi connectivity index (χ0n) is 12.4. The van der Waals surface area contributed by atoms with Crippen LogP contribution < -0.4 is 5.56 Å². The summed E-state index contributed by atoms with van der Waals surface area (Å²) in [5.74, 6) is 0.881. The number of aromatic nitrogens is 2. The van der Waals surface area contributed by atoms with E-state index in [4.69, 9.17) is 23.2 Å². The van der Waals surface area contributed by atoms with Crippen LogP contribution in [-0.4, -0.2) is 15.3 Å². The second-order valence-electron chi connectivity index (χ2n) is 5.02. The molecule has 0 fully saturated rings. The van der Waals surface area contributed by atoms with E-state index in [2.05, 4.69) is 11.9 Å². The highest BCUT2D eigenvalue weighted by atomic mass is 35.5. The Bertz CT molecular complexity index is 907. The highest BCUT2D eigenvalue weighted by Gasteiger charge is 2.13. The lowest BCUT2D eigenvalue weighted by Gasteiger charge is -2.13. The lowest BCUT2D eigenvalue weighted by Crippen LogP contribution is -2.21. The molecule has 0 aliphatic carbocycles. The second-order valence-corrected chi connectivity index (χ2v) is 6.96. The molecule has 6 heteroatoms. The van der Waals surface area contributed by atoms with Gasteiger partial charge in [0, 0.05) is 15.8 Å². The highest BCUT2D eigenvalue weighted by molar-refractivity contribution is 7.99. The van der Waals surface area contributed by atoms with Gasteiger partial charge in [-0.15, -0.1) is 0 Å². The van der Waals surface area contributed by atoms with Crippen molar-refractivity contribution >= 4 is 45.9 Å². The maximum absolute atomic E-state index is 12.9. The van der Waals surface area contributed by atoms with Gasteiger partial charge >= 0.3 is 0 Å². The molecule has 0 radical (unpaired) electrons. The minimum Gasteiger partial charge on any atom is -0.268 e. The maximum Gasteiger partial charge on any atom is 0.266 e. The van der Waals surface area contributed by atoms with E-state index in [1.54, 1.807) is 46.7 Å². The average molecular weight is 365 g/mol. The predicted octanol–water partition coefficient (Wildman–Crippen LogP) is 5.19. The van der Waals surface area contributed by atoms with Gasteiger partial charge in [-0.05, 0) is 48.9 Å². The summed E-state index contributed by atoms with van der Waals surface area (Å²) in [6, 6.07) is 12.3. The number of halogens is 2. The van der Waals surface area contributed by atoms with Crippen molar-refractivity contribution in [2.24, 2.45) is 0 Å². The Balaban J connectivity index is 2.28. The van der Waals surface area contributed by atoms with Crippen LogP contribution in [0.5, 0.6) is 0 Å². The van der Waals surface area contributed by atoms with Crippen molar-refractivity contribution in [3.63, 3.8) is 0 Å². The van der Waals surface area contributed by atoms with Crippen molar-refractivity contribution in [3.8, 4) is 5.69 Å². The minimum atomic E-state index is -0.104. The molecule has 2 aromatic carbocycles. The molecular weight excluding hydrogens is 351 g/mol. The Kier molecular flexibility index (Phi) is 4.95. The van der Waals surface area contributed by atoms with Crippen LogP contribution in [0.25, 0.3) is 16.6 Å². The molecule has 3 aromatic rings. The van der Waals surface area contributed by atoms with E-state index < -0.39 is 0 Å². The van der Waals surface area contributed by atoms with E-state index in [0.29, 0.717) is 26.1 Å². The first-order valence-corrected chi connectivity index (χ1v) is 8.95. The van der Waals surface area contributed by atoms with Crippen LogP contribution in [0.3, 0.4) is 0 Å².